The first-order chi connectivity index (χ1) is 18.9. The number of anilines is 1. The Bertz CT molecular complexity index is 1520. The van der Waals surface area contributed by atoms with Crippen LogP contribution in [0.4, 0.5) is 5.69 Å². The number of nitrogens with one attached hydrogen (secondary N) is 1. The SMILES string of the molecule is CCOc1cc(C(CS(C)(=O)=O)N2C(=O)c3cc(C#CCCC(=O)OC)cc(NC(C)=O)c3C2=O)ccc1OC. The topological polar surface area (TPSA) is 145 Å². The molecule has 1 atom stereocenters. The minimum absolute atomic E-state index is 0.0365. The Balaban J connectivity index is 2.12. The van der Waals surface area contributed by atoms with Crippen LogP contribution in [0.5, 0.6) is 11.5 Å². The number of esters is 1. The zero-order valence-electron chi connectivity index (χ0n) is 22.8. The molecule has 0 aliphatic carbocycles. The number of hydrogen-bond acceptors (Lipinski definition) is 9. The predicted octanol–water partition coefficient (Wildman–Crippen LogP) is 2.74. The highest BCUT2D eigenvalue weighted by molar-refractivity contribution is 7.90. The molecule has 0 aromatic heterocycles. The number of amides is 3. The van der Waals surface area contributed by atoms with E-state index in [0.717, 1.165) is 11.2 Å². The lowest BCUT2D eigenvalue weighted by Crippen LogP contribution is -2.37. The van der Waals surface area contributed by atoms with Gasteiger partial charge in [0.25, 0.3) is 11.8 Å². The van der Waals surface area contributed by atoms with Crippen molar-refractivity contribution in [1.82, 2.24) is 4.90 Å². The van der Waals surface area contributed by atoms with Crippen molar-refractivity contribution in [2.45, 2.75) is 32.7 Å². The van der Waals surface area contributed by atoms with Crippen LogP contribution in [0.15, 0.2) is 30.3 Å². The predicted molar refractivity (Wildman–Crippen MR) is 146 cm³/mol. The third-order valence-electron chi connectivity index (χ3n) is 5.89. The number of fused-ring (bicyclic) bond motifs is 1. The van der Waals surface area contributed by atoms with E-state index in [9.17, 15) is 27.6 Å². The largest absolute Gasteiger partial charge is 0.493 e. The molecule has 0 saturated heterocycles. The molecule has 0 spiro atoms. The summed E-state index contributed by atoms with van der Waals surface area (Å²) in [6, 6.07) is 6.32. The molecule has 0 bridgehead atoms. The van der Waals surface area contributed by atoms with E-state index in [1.54, 1.807) is 19.1 Å². The van der Waals surface area contributed by atoms with Gasteiger partial charge in [-0.3, -0.25) is 24.1 Å². The molecule has 1 N–H and O–H groups in total. The number of carbonyl (C=O) groups excluding carboxylic acids is 4. The number of methoxy groups -OCH3 is 2. The maximum absolute atomic E-state index is 13.7. The minimum atomic E-state index is -3.69. The molecule has 11 nitrogen and oxygen atoms in total. The van der Waals surface area contributed by atoms with Crippen molar-refractivity contribution >= 4 is 39.2 Å². The lowest BCUT2D eigenvalue weighted by atomic mass is 10.0. The van der Waals surface area contributed by atoms with Gasteiger partial charge in [0.15, 0.2) is 11.5 Å². The second-order valence-corrected chi connectivity index (χ2v) is 11.1. The van der Waals surface area contributed by atoms with Crippen LogP contribution in [0.25, 0.3) is 0 Å². The van der Waals surface area contributed by atoms with Gasteiger partial charge in [0, 0.05) is 25.2 Å². The minimum Gasteiger partial charge on any atom is -0.493 e. The number of benzene rings is 2. The van der Waals surface area contributed by atoms with Gasteiger partial charge in [0.2, 0.25) is 5.91 Å². The average molecular weight is 571 g/mol. The van der Waals surface area contributed by atoms with Crippen LogP contribution in [0, 0.1) is 11.8 Å². The molecule has 2 aromatic rings. The Labute approximate surface area is 232 Å². The van der Waals surface area contributed by atoms with Gasteiger partial charge in [-0.05, 0) is 36.8 Å². The Morgan fingerprint density at radius 2 is 1.80 bits per heavy atom. The molecular weight excluding hydrogens is 540 g/mol. The first-order valence-corrected chi connectivity index (χ1v) is 14.3. The van der Waals surface area contributed by atoms with E-state index in [4.69, 9.17) is 9.47 Å². The van der Waals surface area contributed by atoms with Crippen LogP contribution in [0.3, 0.4) is 0 Å². The Kier molecular flexibility index (Phi) is 9.55. The zero-order valence-corrected chi connectivity index (χ0v) is 23.6. The lowest BCUT2D eigenvalue weighted by Gasteiger charge is -2.27. The van der Waals surface area contributed by atoms with E-state index in [0.29, 0.717) is 29.2 Å². The fourth-order valence-electron chi connectivity index (χ4n) is 4.23. The summed E-state index contributed by atoms with van der Waals surface area (Å²) < 4.78 is 40.4. The van der Waals surface area contributed by atoms with E-state index in [1.165, 1.54) is 39.3 Å². The van der Waals surface area contributed by atoms with Crippen molar-refractivity contribution in [3.63, 3.8) is 0 Å². The number of hydrogen-bond donors (Lipinski definition) is 1. The summed E-state index contributed by atoms with van der Waals surface area (Å²) in [7, 11) is -0.971. The highest BCUT2D eigenvalue weighted by Gasteiger charge is 2.43. The van der Waals surface area contributed by atoms with E-state index in [1.807, 2.05) is 0 Å². The molecule has 3 amide bonds. The molecule has 1 heterocycles. The number of ether oxygens (including phenoxy) is 3. The van der Waals surface area contributed by atoms with Gasteiger partial charge >= 0.3 is 5.97 Å². The smallest absolute Gasteiger partial charge is 0.306 e. The van der Waals surface area contributed by atoms with Gasteiger partial charge in [-0.2, -0.15) is 0 Å². The highest BCUT2D eigenvalue weighted by Crippen LogP contribution is 2.39. The summed E-state index contributed by atoms with van der Waals surface area (Å²) in [5, 5.41) is 2.57. The maximum Gasteiger partial charge on any atom is 0.306 e. The number of sulfone groups is 1. The van der Waals surface area contributed by atoms with Crippen molar-refractivity contribution in [2.24, 2.45) is 0 Å². The highest BCUT2D eigenvalue weighted by atomic mass is 32.2. The standard InChI is InChI=1S/C28H30N2O9S/c1-6-39-24-15-19(11-12-23(24)37-3)22(16-40(5,35)36)30-27(33)20-13-18(9-7-8-10-25(32)38-4)14-21(29-17(2)31)26(20)28(30)34/h11-15,22H,6,8,10,16H2,1-5H3,(H,29,31). The van der Waals surface area contributed by atoms with Gasteiger partial charge in [-0.25, -0.2) is 8.42 Å². The van der Waals surface area contributed by atoms with Crippen LogP contribution >= 0.6 is 0 Å². The van der Waals surface area contributed by atoms with Crippen LogP contribution in [0.2, 0.25) is 0 Å². The van der Waals surface area contributed by atoms with Crippen molar-refractivity contribution in [2.75, 3.05) is 38.2 Å². The van der Waals surface area contributed by atoms with Crippen molar-refractivity contribution < 1.29 is 41.8 Å². The molecule has 0 saturated carbocycles. The van der Waals surface area contributed by atoms with Crippen molar-refractivity contribution in [1.29, 1.82) is 0 Å². The van der Waals surface area contributed by atoms with E-state index in [-0.39, 0.29) is 29.7 Å². The monoisotopic (exact) mass is 570 g/mol. The lowest BCUT2D eigenvalue weighted by molar-refractivity contribution is -0.140. The fourth-order valence-corrected chi connectivity index (χ4v) is 5.15. The summed E-state index contributed by atoms with van der Waals surface area (Å²) in [6.45, 7) is 3.32. The van der Waals surface area contributed by atoms with Gasteiger partial charge in [-0.15, -0.1) is 0 Å². The van der Waals surface area contributed by atoms with Crippen LogP contribution in [-0.2, 0) is 24.2 Å². The van der Waals surface area contributed by atoms with Crippen LogP contribution in [-0.4, -0.2) is 69.8 Å². The Hall–Kier alpha value is -4.37. The van der Waals surface area contributed by atoms with Gasteiger partial charge < -0.3 is 19.5 Å². The number of imide groups is 1. The number of rotatable bonds is 10. The number of carbonyl (C=O) groups is 4. The first kappa shape index (κ1) is 30.2. The normalized spacial score (nSPS) is 13.2. The van der Waals surface area contributed by atoms with Gasteiger partial charge in [-0.1, -0.05) is 17.9 Å². The molecule has 12 heteroatoms. The first-order valence-electron chi connectivity index (χ1n) is 12.3. The average Bonchev–Trinajstić information content (AvgIpc) is 3.13. The summed E-state index contributed by atoms with van der Waals surface area (Å²) in [4.78, 5) is 51.6. The number of nitrogens with zero attached hydrogens (tertiary/aromatic N) is 1. The molecule has 0 fully saturated rings. The molecule has 2 aromatic carbocycles. The third-order valence-corrected chi connectivity index (χ3v) is 6.81. The molecule has 0 radical (unpaired) electrons. The Morgan fingerprint density at radius 3 is 2.40 bits per heavy atom. The Morgan fingerprint density at radius 1 is 1.07 bits per heavy atom. The zero-order chi connectivity index (χ0) is 29.6. The molecule has 3 rings (SSSR count). The fraction of sp³-hybridized carbons (Fsp3) is 0.357. The molecule has 40 heavy (non-hydrogen) atoms. The second-order valence-electron chi connectivity index (χ2n) is 8.94. The molecular formula is C28H30N2O9S. The van der Waals surface area contributed by atoms with Crippen molar-refractivity contribution in [3.8, 4) is 23.3 Å². The van der Waals surface area contributed by atoms with Gasteiger partial charge in [0.1, 0.15) is 9.84 Å². The quantitative estimate of drug-likeness (QED) is 0.259. The third kappa shape index (κ3) is 6.98. The summed E-state index contributed by atoms with van der Waals surface area (Å²) in [6.07, 6.45) is 1.27. The molecule has 212 valence electrons. The van der Waals surface area contributed by atoms with Gasteiger partial charge in [0.05, 0.1) is 55.9 Å². The molecule has 1 aliphatic heterocycles. The van der Waals surface area contributed by atoms with Crippen LogP contribution < -0.4 is 14.8 Å². The summed E-state index contributed by atoms with van der Waals surface area (Å²) in [5.41, 5.74) is 0.611. The van der Waals surface area contributed by atoms with Crippen molar-refractivity contribution in [3.05, 3.63) is 52.6 Å². The molecule has 1 unspecified atom stereocenters. The second kappa shape index (κ2) is 12.7. The van der Waals surface area contributed by atoms with Crippen LogP contribution in [0.1, 0.15) is 64.6 Å². The summed E-state index contributed by atoms with van der Waals surface area (Å²) in [5.74, 6) is 3.38. The van der Waals surface area contributed by atoms with E-state index >= 15 is 0 Å². The summed E-state index contributed by atoms with van der Waals surface area (Å²) >= 11 is 0. The maximum atomic E-state index is 13.7. The molecule has 1 aliphatic rings. The van der Waals surface area contributed by atoms with E-state index < -0.39 is 45.3 Å². The van der Waals surface area contributed by atoms with E-state index in [2.05, 4.69) is 21.9 Å².